The summed E-state index contributed by atoms with van der Waals surface area (Å²) in [6.07, 6.45) is 1.33. The molecule has 0 amide bonds. The van der Waals surface area contributed by atoms with Gasteiger partial charge in [-0.2, -0.15) is 0 Å². The van der Waals surface area contributed by atoms with Gasteiger partial charge in [0.2, 0.25) is 0 Å². The van der Waals surface area contributed by atoms with E-state index in [1.807, 2.05) is 0 Å². The van der Waals surface area contributed by atoms with Crippen molar-refractivity contribution >= 4 is 0 Å². The molecule has 0 aromatic heterocycles. The molecule has 3 rings (SSSR count). The minimum atomic E-state index is 0.795. The second-order valence-corrected chi connectivity index (χ2v) is 5.44. The highest BCUT2D eigenvalue weighted by Gasteiger charge is 2.25. The van der Waals surface area contributed by atoms with Gasteiger partial charge < -0.3 is 5.32 Å². The molecule has 3 heteroatoms. The van der Waals surface area contributed by atoms with Crippen LogP contribution in [0.25, 0.3) is 0 Å². The van der Waals surface area contributed by atoms with Gasteiger partial charge in [-0.25, -0.2) is 0 Å². The topological polar surface area (TPSA) is 18.5 Å². The third-order valence-electron chi connectivity index (χ3n) is 4.21. The number of hydrogen-bond donors (Lipinski definition) is 1. The first-order valence-electron chi connectivity index (χ1n) is 7.13. The molecule has 98 valence electrons. The molecule has 2 aliphatic heterocycles. The van der Waals surface area contributed by atoms with Crippen LogP contribution in [0.1, 0.15) is 12.0 Å². The molecule has 3 nitrogen and oxygen atoms in total. The summed E-state index contributed by atoms with van der Waals surface area (Å²) < 4.78 is 0. The Labute approximate surface area is 110 Å². The summed E-state index contributed by atoms with van der Waals surface area (Å²) in [6, 6.07) is 11.6. The fourth-order valence-corrected chi connectivity index (χ4v) is 3.08. The van der Waals surface area contributed by atoms with Crippen molar-refractivity contribution in [2.24, 2.45) is 0 Å². The van der Waals surface area contributed by atoms with Gasteiger partial charge in [-0.15, -0.1) is 0 Å². The smallest absolute Gasteiger partial charge is 0.0234 e. The van der Waals surface area contributed by atoms with Crippen LogP contribution in [0, 0.1) is 0 Å². The second kappa shape index (κ2) is 5.83. The maximum atomic E-state index is 3.47. The Hall–Kier alpha value is -0.900. The van der Waals surface area contributed by atoms with E-state index in [9.17, 15) is 0 Å². The Balaban J connectivity index is 1.48. The molecule has 2 heterocycles. The lowest BCUT2D eigenvalue weighted by Gasteiger charge is -2.37. The molecule has 1 aromatic rings. The van der Waals surface area contributed by atoms with E-state index in [2.05, 4.69) is 45.4 Å². The van der Waals surface area contributed by atoms with Crippen molar-refractivity contribution in [3.63, 3.8) is 0 Å². The van der Waals surface area contributed by atoms with Crippen LogP contribution in [-0.2, 0) is 6.54 Å². The molecular weight excluding hydrogens is 222 g/mol. The van der Waals surface area contributed by atoms with Crippen molar-refractivity contribution in [2.75, 3.05) is 39.3 Å². The van der Waals surface area contributed by atoms with Crippen LogP contribution in [-0.4, -0.2) is 55.1 Å². The Morgan fingerprint density at radius 3 is 2.50 bits per heavy atom. The van der Waals surface area contributed by atoms with Crippen molar-refractivity contribution in [1.82, 2.24) is 15.1 Å². The van der Waals surface area contributed by atoms with Gasteiger partial charge in [-0.1, -0.05) is 30.3 Å². The molecular formula is C15H23N3. The van der Waals surface area contributed by atoms with E-state index in [0.29, 0.717) is 0 Å². The highest BCUT2D eigenvalue weighted by atomic mass is 15.3. The summed E-state index contributed by atoms with van der Waals surface area (Å²) in [5.41, 5.74) is 1.44. The first-order valence-corrected chi connectivity index (χ1v) is 7.13. The van der Waals surface area contributed by atoms with Crippen LogP contribution in [0.4, 0.5) is 0 Å². The molecule has 0 spiro atoms. The highest BCUT2D eigenvalue weighted by Crippen LogP contribution is 2.13. The number of benzene rings is 1. The molecule has 18 heavy (non-hydrogen) atoms. The highest BCUT2D eigenvalue weighted by molar-refractivity contribution is 5.14. The summed E-state index contributed by atoms with van der Waals surface area (Å²) in [5, 5.41) is 3.47. The van der Waals surface area contributed by atoms with Crippen molar-refractivity contribution < 1.29 is 0 Å². The average Bonchev–Trinajstić information content (AvgIpc) is 2.95. The van der Waals surface area contributed by atoms with Crippen molar-refractivity contribution in [2.45, 2.75) is 19.0 Å². The molecule has 2 saturated heterocycles. The third-order valence-corrected chi connectivity index (χ3v) is 4.21. The van der Waals surface area contributed by atoms with Crippen molar-refractivity contribution in [1.29, 1.82) is 0 Å². The first kappa shape index (κ1) is 12.2. The van der Waals surface area contributed by atoms with Crippen LogP contribution < -0.4 is 5.32 Å². The number of rotatable bonds is 3. The standard InChI is InChI=1S/C15H23N3/c1-2-4-14(5-3-1)13-17-8-10-18(11-9-17)15-6-7-16-12-15/h1-5,15-16H,6-13H2/t15-/m1/s1. The molecule has 2 aliphatic rings. The van der Waals surface area contributed by atoms with Crippen LogP contribution in [0.2, 0.25) is 0 Å². The molecule has 1 aromatic carbocycles. The van der Waals surface area contributed by atoms with Gasteiger partial charge in [0.25, 0.3) is 0 Å². The molecule has 0 saturated carbocycles. The van der Waals surface area contributed by atoms with E-state index in [0.717, 1.165) is 12.6 Å². The molecule has 1 atom stereocenters. The summed E-state index contributed by atoms with van der Waals surface area (Å²) in [7, 11) is 0. The second-order valence-electron chi connectivity index (χ2n) is 5.44. The maximum absolute atomic E-state index is 3.47. The predicted octanol–water partition coefficient (Wildman–Crippen LogP) is 1.17. The number of piperazine rings is 1. The molecule has 0 aliphatic carbocycles. The van der Waals surface area contributed by atoms with Gasteiger partial charge in [0.05, 0.1) is 0 Å². The van der Waals surface area contributed by atoms with E-state index in [-0.39, 0.29) is 0 Å². The molecule has 2 fully saturated rings. The van der Waals surface area contributed by atoms with Gasteiger partial charge in [-0.3, -0.25) is 9.80 Å². The van der Waals surface area contributed by atoms with Crippen molar-refractivity contribution in [3.8, 4) is 0 Å². The first-order chi connectivity index (χ1) is 8.92. The zero-order valence-corrected chi connectivity index (χ0v) is 11.0. The Kier molecular flexibility index (Phi) is 3.93. The van der Waals surface area contributed by atoms with Crippen LogP contribution in [0.5, 0.6) is 0 Å². The van der Waals surface area contributed by atoms with Crippen LogP contribution in [0.3, 0.4) is 0 Å². The van der Waals surface area contributed by atoms with Crippen molar-refractivity contribution in [3.05, 3.63) is 35.9 Å². The molecule has 1 N–H and O–H groups in total. The fraction of sp³-hybridized carbons (Fsp3) is 0.600. The third kappa shape index (κ3) is 2.91. The van der Waals surface area contributed by atoms with Gasteiger partial charge in [-0.05, 0) is 18.5 Å². The van der Waals surface area contributed by atoms with E-state index in [1.165, 1.54) is 51.3 Å². The zero-order chi connectivity index (χ0) is 12.2. The van der Waals surface area contributed by atoms with E-state index < -0.39 is 0 Å². The fourth-order valence-electron chi connectivity index (χ4n) is 3.08. The quantitative estimate of drug-likeness (QED) is 0.862. The lowest BCUT2D eigenvalue weighted by molar-refractivity contribution is 0.0981. The normalized spacial score (nSPS) is 26.6. The minimum absolute atomic E-state index is 0.795. The predicted molar refractivity (Wildman–Crippen MR) is 74.6 cm³/mol. The number of nitrogens with one attached hydrogen (secondary N) is 1. The number of hydrogen-bond acceptors (Lipinski definition) is 3. The molecule has 0 unspecified atom stereocenters. The molecule has 0 bridgehead atoms. The Morgan fingerprint density at radius 2 is 1.83 bits per heavy atom. The lowest BCUT2D eigenvalue weighted by Crippen LogP contribution is -2.50. The van der Waals surface area contributed by atoms with E-state index in [4.69, 9.17) is 0 Å². The van der Waals surface area contributed by atoms with Crippen LogP contribution in [0.15, 0.2) is 30.3 Å². The Bertz CT molecular complexity index is 351. The van der Waals surface area contributed by atoms with Crippen LogP contribution >= 0.6 is 0 Å². The minimum Gasteiger partial charge on any atom is -0.315 e. The van der Waals surface area contributed by atoms with Gasteiger partial charge in [0.15, 0.2) is 0 Å². The monoisotopic (exact) mass is 245 g/mol. The maximum Gasteiger partial charge on any atom is 0.0234 e. The van der Waals surface area contributed by atoms with E-state index >= 15 is 0 Å². The van der Waals surface area contributed by atoms with Gasteiger partial charge in [0, 0.05) is 45.3 Å². The summed E-state index contributed by atoms with van der Waals surface area (Å²) >= 11 is 0. The lowest BCUT2D eigenvalue weighted by atomic mass is 10.1. The zero-order valence-electron chi connectivity index (χ0n) is 11.0. The summed E-state index contributed by atoms with van der Waals surface area (Å²) in [6.45, 7) is 8.40. The SMILES string of the molecule is c1ccc(CN2CCN([C@@H]3CCNC3)CC2)cc1. The average molecular weight is 245 g/mol. The number of nitrogens with zero attached hydrogens (tertiary/aromatic N) is 2. The van der Waals surface area contributed by atoms with Gasteiger partial charge in [0.1, 0.15) is 0 Å². The molecule has 0 radical (unpaired) electrons. The van der Waals surface area contributed by atoms with E-state index in [1.54, 1.807) is 0 Å². The Morgan fingerprint density at radius 1 is 1.06 bits per heavy atom. The summed E-state index contributed by atoms with van der Waals surface area (Å²) in [4.78, 5) is 5.25. The largest absolute Gasteiger partial charge is 0.315 e. The summed E-state index contributed by atoms with van der Waals surface area (Å²) in [5.74, 6) is 0. The van der Waals surface area contributed by atoms with Gasteiger partial charge >= 0.3 is 0 Å².